The number of rotatable bonds is 2. The Kier molecular flexibility index (Phi) is 5.27. The largest absolute Gasteiger partial charge is 0.357 e. The van der Waals surface area contributed by atoms with E-state index in [1.807, 2.05) is 18.5 Å². The molecule has 0 N–H and O–H groups in total. The Morgan fingerprint density at radius 1 is 1.29 bits per heavy atom. The summed E-state index contributed by atoms with van der Waals surface area (Å²) in [6.07, 6.45) is 9.73. The zero-order chi connectivity index (χ0) is 17.0. The van der Waals surface area contributed by atoms with Gasteiger partial charge >= 0.3 is 0 Å². The van der Waals surface area contributed by atoms with Crippen LogP contribution in [0.4, 0.5) is 0 Å². The van der Waals surface area contributed by atoms with Gasteiger partial charge in [0.05, 0.1) is 12.1 Å². The highest BCUT2D eigenvalue weighted by Gasteiger charge is 2.35. The van der Waals surface area contributed by atoms with Gasteiger partial charge in [-0.1, -0.05) is 17.9 Å². The van der Waals surface area contributed by atoms with E-state index in [2.05, 4.69) is 48.6 Å². The SMILES string of the molecule is CC1(C)CCC[C@](C)(C#CCN2CCC[C@H](c3cccnc3)C2)O1. The van der Waals surface area contributed by atoms with Crippen LogP contribution in [0.25, 0.3) is 0 Å². The number of ether oxygens (including phenoxy) is 1. The Morgan fingerprint density at radius 2 is 2.17 bits per heavy atom. The Hall–Kier alpha value is -1.37. The number of likely N-dealkylation sites (tertiary alicyclic amines) is 1. The van der Waals surface area contributed by atoms with Crippen LogP contribution in [-0.2, 0) is 4.74 Å². The smallest absolute Gasteiger partial charge is 0.126 e. The van der Waals surface area contributed by atoms with E-state index >= 15 is 0 Å². The van der Waals surface area contributed by atoms with Crippen molar-refractivity contribution in [1.82, 2.24) is 9.88 Å². The minimum absolute atomic E-state index is 0.0434. The molecule has 3 rings (SSSR count). The molecule has 2 saturated heterocycles. The highest BCUT2D eigenvalue weighted by Crippen LogP contribution is 2.34. The summed E-state index contributed by atoms with van der Waals surface area (Å²) in [5.74, 6) is 7.43. The maximum Gasteiger partial charge on any atom is 0.126 e. The average molecular weight is 326 g/mol. The standard InChI is InChI=1S/C21H30N2O/c1-20(2)10-6-11-21(3,24-20)12-7-15-23-14-5-9-19(17-23)18-8-4-13-22-16-18/h4,8,13,16,19H,5-6,9-11,14-15,17H2,1-3H3/t19-,21+/m0/s1. The van der Waals surface area contributed by atoms with Crippen molar-refractivity contribution in [3.63, 3.8) is 0 Å². The highest BCUT2D eigenvalue weighted by atomic mass is 16.5. The predicted molar refractivity (Wildman–Crippen MR) is 97.8 cm³/mol. The first-order valence-electron chi connectivity index (χ1n) is 9.28. The van der Waals surface area contributed by atoms with Crippen molar-refractivity contribution in [3.8, 4) is 11.8 Å². The molecule has 3 heterocycles. The van der Waals surface area contributed by atoms with Crippen molar-refractivity contribution in [2.24, 2.45) is 0 Å². The number of hydrogen-bond acceptors (Lipinski definition) is 3. The van der Waals surface area contributed by atoms with E-state index in [0.717, 1.165) is 32.5 Å². The summed E-state index contributed by atoms with van der Waals surface area (Å²) in [5.41, 5.74) is 1.04. The summed E-state index contributed by atoms with van der Waals surface area (Å²) in [6.45, 7) is 9.58. The van der Waals surface area contributed by atoms with Gasteiger partial charge in [0.15, 0.2) is 0 Å². The van der Waals surface area contributed by atoms with Gasteiger partial charge in [-0.2, -0.15) is 0 Å². The van der Waals surface area contributed by atoms with E-state index in [1.165, 1.54) is 24.8 Å². The zero-order valence-corrected chi connectivity index (χ0v) is 15.3. The lowest BCUT2D eigenvalue weighted by Gasteiger charge is -2.40. The minimum Gasteiger partial charge on any atom is -0.357 e. The van der Waals surface area contributed by atoms with E-state index in [-0.39, 0.29) is 11.2 Å². The molecule has 2 aliphatic rings. The van der Waals surface area contributed by atoms with E-state index in [1.54, 1.807) is 0 Å². The number of aromatic nitrogens is 1. The van der Waals surface area contributed by atoms with Crippen LogP contribution >= 0.6 is 0 Å². The lowest BCUT2D eigenvalue weighted by atomic mass is 9.88. The van der Waals surface area contributed by atoms with Crippen LogP contribution in [0.3, 0.4) is 0 Å². The van der Waals surface area contributed by atoms with Crippen molar-refractivity contribution >= 4 is 0 Å². The molecule has 2 aliphatic heterocycles. The topological polar surface area (TPSA) is 25.4 Å². The van der Waals surface area contributed by atoms with E-state index < -0.39 is 0 Å². The molecule has 0 radical (unpaired) electrons. The van der Waals surface area contributed by atoms with Gasteiger partial charge in [0.1, 0.15) is 5.60 Å². The van der Waals surface area contributed by atoms with Gasteiger partial charge in [-0.05, 0) is 77.0 Å². The molecule has 0 unspecified atom stereocenters. The van der Waals surface area contributed by atoms with E-state index in [4.69, 9.17) is 4.74 Å². The summed E-state index contributed by atoms with van der Waals surface area (Å²) >= 11 is 0. The van der Waals surface area contributed by atoms with Crippen molar-refractivity contribution in [2.75, 3.05) is 19.6 Å². The summed E-state index contributed by atoms with van der Waals surface area (Å²) in [5, 5.41) is 0. The molecule has 1 aromatic rings. The fourth-order valence-corrected chi connectivity index (χ4v) is 4.08. The summed E-state index contributed by atoms with van der Waals surface area (Å²) in [6, 6.07) is 4.24. The fraction of sp³-hybridized carbons (Fsp3) is 0.667. The third-order valence-electron chi connectivity index (χ3n) is 5.25. The first kappa shape index (κ1) is 17.5. The average Bonchev–Trinajstić information content (AvgIpc) is 2.55. The molecule has 3 nitrogen and oxygen atoms in total. The Morgan fingerprint density at radius 3 is 2.92 bits per heavy atom. The van der Waals surface area contributed by atoms with Crippen LogP contribution in [0.5, 0.6) is 0 Å². The summed E-state index contributed by atoms with van der Waals surface area (Å²) in [4.78, 5) is 6.75. The molecule has 2 fully saturated rings. The van der Waals surface area contributed by atoms with Gasteiger partial charge in [-0.3, -0.25) is 9.88 Å². The van der Waals surface area contributed by atoms with Crippen molar-refractivity contribution in [2.45, 2.75) is 70.0 Å². The van der Waals surface area contributed by atoms with Crippen molar-refractivity contribution in [1.29, 1.82) is 0 Å². The molecule has 0 bridgehead atoms. The predicted octanol–water partition coefficient (Wildman–Crippen LogP) is 4.00. The van der Waals surface area contributed by atoms with Gasteiger partial charge in [0.25, 0.3) is 0 Å². The molecule has 24 heavy (non-hydrogen) atoms. The number of hydrogen-bond donors (Lipinski definition) is 0. The van der Waals surface area contributed by atoms with Gasteiger partial charge in [-0.15, -0.1) is 0 Å². The Bertz CT molecular complexity index is 601. The maximum absolute atomic E-state index is 6.24. The second-order valence-corrected chi connectivity index (χ2v) is 8.11. The molecule has 0 aliphatic carbocycles. The van der Waals surface area contributed by atoms with Crippen LogP contribution in [0.2, 0.25) is 0 Å². The molecular weight excluding hydrogens is 296 g/mol. The van der Waals surface area contributed by atoms with Crippen LogP contribution in [0.1, 0.15) is 64.4 Å². The lowest BCUT2D eigenvalue weighted by molar-refractivity contribution is -0.135. The zero-order valence-electron chi connectivity index (χ0n) is 15.3. The minimum atomic E-state index is -0.277. The quantitative estimate of drug-likeness (QED) is 0.768. The molecule has 130 valence electrons. The second-order valence-electron chi connectivity index (χ2n) is 8.11. The maximum atomic E-state index is 6.24. The number of piperidine rings is 1. The Labute approximate surface area is 146 Å². The van der Waals surface area contributed by atoms with Crippen LogP contribution in [-0.4, -0.2) is 40.7 Å². The van der Waals surface area contributed by atoms with Gasteiger partial charge in [-0.25, -0.2) is 0 Å². The third kappa shape index (κ3) is 4.59. The first-order chi connectivity index (χ1) is 11.5. The first-order valence-corrected chi connectivity index (χ1v) is 9.28. The van der Waals surface area contributed by atoms with E-state index in [0.29, 0.717) is 5.92 Å². The normalized spacial score (nSPS) is 30.4. The molecule has 0 amide bonds. The number of pyridine rings is 1. The van der Waals surface area contributed by atoms with Crippen LogP contribution in [0.15, 0.2) is 24.5 Å². The molecule has 0 aromatic carbocycles. The lowest BCUT2D eigenvalue weighted by Crippen LogP contribution is -2.42. The van der Waals surface area contributed by atoms with Crippen molar-refractivity contribution < 1.29 is 4.74 Å². The number of nitrogens with zero attached hydrogens (tertiary/aromatic N) is 2. The second kappa shape index (κ2) is 7.25. The van der Waals surface area contributed by atoms with Crippen molar-refractivity contribution in [3.05, 3.63) is 30.1 Å². The summed E-state index contributed by atoms with van der Waals surface area (Å²) in [7, 11) is 0. The molecule has 2 atom stereocenters. The van der Waals surface area contributed by atoms with Gasteiger partial charge in [0.2, 0.25) is 0 Å². The molecule has 0 saturated carbocycles. The molecule has 1 aromatic heterocycles. The van der Waals surface area contributed by atoms with Crippen LogP contribution < -0.4 is 0 Å². The van der Waals surface area contributed by atoms with E-state index in [9.17, 15) is 0 Å². The highest BCUT2D eigenvalue weighted by molar-refractivity contribution is 5.18. The molecule has 3 heteroatoms. The molecular formula is C21H30N2O. The molecule has 0 spiro atoms. The Balaban J connectivity index is 1.57. The van der Waals surface area contributed by atoms with Gasteiger partial charge in [0, 0.05) is 18.9 Å². The van der Waals surface area contributed by atoms with Crippen LogP contribution in [0, 0.1) is 11.8 Å². The summed E-state index contributed by atoms with van der Waals surface area (Å²) < 4.78 is 6.24. The fourth-order valence-electron chi connectivity index (χ4n) is 4.08. The monoisotopic (exact) mass is 326 g/mol. The van der Waals surface area contributed by atoms with Gasteiger partial charge < -0.3 is 4.74 Å². The third-order valence-corrected chi connectivity index (χ3v) is 5.25.